The molecule has 2 amide bonds. The molecule has 1 aromatic rings. The van der Waals surface area contributed by atoms with Gasteiger partial charge in [-0.1, -0.05) is 32.4 Å². The molecule has 9 nitrogen and oxygen atoms in total. The highest BCUT2D eigenvalue weighted by Crippen LogP contribution is 2.59. The molecule has 2 saturated heterocycles. The van der Waals surface area contributed by atoms with Crippen molar-refractivity contribution in [2.45, 2.75) is 95.2 Å². The minimum atomic E-state index is -0.502. The fourth-order valence-corrected chi connectivity index (χ4v) is 6.53. The third-order valence-corrected chi connectivity index (χ3v) is 9.46. The number of hydrogen-bond donors (Lipinski definition) is 2. The van der Waals surface area contributed by atoms with Gasteiger partial charge in [0.15, 0.2) is 5.78 Å². The summed E-state index contributed by atoms with van der Waals surface area (Å²) in [5.74, 6) is -0.137. The maximum absolute atomic E-state index is 13.0. The van der Waals surface area contributed by atoms with Crippen LogP contribution in [0.3, 0.4) is 0 Å². The standard InChI is InChI=1S/C32H46N2O7S/c1-20(2)8-13-25-31(6,41-25)29-28(38-7)23(14-15-32(29)19-40-32)34-27(37)18-42-22-11-9-21(10-12-22)33-26(36)17-39-16-24(35)30(3,4)5/h8-12,23,25,28-29H,13-19H2,1-7H3,(H,33,36)(H,34,37)/t23-,25-,28-,29-,31+,32+/m1/s1. The van der Waals surface area contributed by atoms with E-state index in [4.69, 9.17) is 18.9 Å². The van der Waals surface area contributed by atoms with Crippen LogP contribution in [-0.2, 0) is 33.3 Å². The molecule has 2 N–H and O–H groups in total. The van der Waals surface area contributed by atoms with Crippen molar-refractivity contribution < 1.29 is 33.3 Å². The van der Waals surface area contributed by atoms with Crippen LogP contribution in [0.5, 0.6) is 0 Å². The number of thioether (sulfide) groups is 1. The molecule has 1 aromatic carbocycles. The van der Waals surface area contributed by atoms with E-state index in [1.54, 1.807) is 19.2 Å². The van der Waals surface area contributed by atoms with Crippen molar-refractivity contribution in [1.29, 1.82) is 0 Å². The molecular formula is C32H46N2O7S. The SMILES string of the molecule is CO[C@@H]1[C@H](NC(=O)CSc2ccc(NC(=O)COCC(=O)C(C)(C)C)cc2)CC[C@]2(CO2)[C@H]1[C@@]1(C)O[C@@H]1CC=C(C)C. The Bertz CT molecular complexity index is 1170. The Kier molecular flexibility index (Phi) is 10.2. The lowest BCUT2D eigenvalue weighted by Gasteiger charge is -2.43. The molecule has 0 aromatic heterocycles. The van der Waals surface area contributed by atoms with Gasteiger partial charge in [0.1, 0.15) is 18.8 Å². The maximum Gasteiger partial charge on any atom is 0.250 e. The van der Waals surface area contributed by atoms with Gasteiger partial charge in [0.2, 0.25) is 11.8 Å². The topological polar surface area (TPSA) is 119 Å². The number of rotatable bonds is 13. The normalized spacial score (nSPS) is 30.0. The van der Waals surface area contributed by atoms with Gasteiger partial charge >= 0.3 is 0 Å². The lowest BCUT2D eigenvalue weighted by Crippen LogP contribution is -2.59. The largest absolute Gasteiger partial charge is 0.379 e. The van der Waals surface area contributed by atoms with E-state index in [1.807, 2.05) is 32.9 Å². The van der Waals surface area contributed by atoms with Crippen LogP contribution in [0.2, 0.25) is 0 Å². The third-order valence-electron chi connectivity index (χ3n) is 8.45. The van der Waals surface area contributed by atoms with Crippen LogP contribution in [0.4, 0.5) is 5.69 Å². The van der Waals surface area contributed by atoms with Crippen LogP contribution >= 0.6 is 11.8 Å². The van der Waals surface area contributed by atoms with Crippen molar-refractivity contribution in [2.24, 2.45) is 11.3 Å². The van der Waals surface area contributed by atoms with Crippen molar-refractivity contribution in [1.82, 2.24) is 5.32 Å². The second-order valence-electron chi connectivity index (χ2n) is 13.1. The molecule has 0 unspecified atom stereocenters. The fourth-order valence-electron chi connectivity index (χ4n) is 5.82. The summed E-state index contributed by atoms with van der Waals surface area (Å²) in [6.45, 7) is 12.2. The average Bonchev–Trinajstić information content (AvgIpc) is 3.84. The van der Waals surface area contributed by atoms with Gasteiger partial charge in [0.25, 0.3) is 0 Å². The summed E-state index contributed by atoms with van der Waals surface area (Å²) in [4.78, 5) is 38.0. The number of epoxide rings is 2. The molecule has 2 heterocycles. The molecule has 1 saturated carbocycles. The molecule has 2 aliphatic heterocycles. The molecule has 0 bridgehead atoms. The molecule has 42 heavy (non-hydrogen) atoms. The maximum atomic E-state index is 13.0. The van der Waals surface area contributed by atoms with E-state index in [-0.39, 0.29) is 71.9 Å². The molecular weight excluding hydrogens is 556 g/mol. The molecule has 6 atom stereocenters. The van der Waals surface area contributed by atoms with Crippen LogP contribution in [0.25, 0.3) is 0 Å². The zero-order valence-electron chi connectivity index (χ0n) is 25.9. The zero-order valence-corrected chi connectivity index (χ0v) is 26.7. The van der Waals surface area contributed by atoms with Crippen LogP contribution in [0.15, 0.2) is 40.8 Å². The van der Waals surface area contributed by atoms with Gasteiger partial charge in [0.05, 0.1) is 36.2 Å². The number of nitrogens with one attached hydrogen (secondary N) is 2. The number of hydrogen-bond acceptors (Lipinski definition) is 8. The van der Waals surface area contributed by atoms with Gasteiger partial charge in [-0.25, -0.2) is 0 Å². The van der Waals surface area contributed by atoms with Crippen molar-refractivity contribution in [3.05, 3.63) is 35.9 Å². The highest BCUT2D eigenvalue weighted by atomic mass is 32.2. The first-order valence-electron chi connectivity index (χ1n) is 14.7. The summed E-state index contributed by atoms with van der Waals surface area (Å²) < 4.78 is 23.6. The molecule has 232 valence electrons. The molecule has 1 spiro atoms. The number of methoxy groups -OCH3 is 1. The number of anilines is 1. The molecule has 10 heteroatoms. The Morgan fingerprint density at radius 2 is 1.81 bits per heavy atom. The lowest BCUT2D eigenvalue weighted by atomic mass is 9.67. The summed E-state index contributed by atoms with van der Waals surface area (Å²) in [5, 5.41) is 5.98. The van der Waals surface area contributed by atoms with E-state index in [9.17, 15) is 14.4 Å². The quantitative estimate of drug-likeness (QED) is 0.192. The number of ether oxygens (including phenoxy) is 4. The monoisotopic (exact) mass is 602 g/mol. The number of carbonyl (C=O) groups excluding carboxylic acids is 3. The summed E-state index contributed by atoms with van der Waals surface area (Å²) >= 11 is 1.43. The molecule has 3 fully saturated rings. The number of amides is 2. The molecule has 4 rings (SSSR count). The number of carbonyl (C=O) groups is 3. The highest BCUT2D eigenvalue weighted by Gasteiger charge is 2.71. The summed E-state index contributed by atoms with van der Waals surface area (Å²) in [6.07, 6.45) is 4.67. The van der Waals surface area contributed by atoms with E-state index < -0.39 is 5.41 Å². The Morgan fingerprint density at radius 1 is 1.12 bits per heavy atom. The zero-order chi connectivity index (χ0) is 30.7. The van der Waals surface area contributed by atoms with Crippen molar-refractivity contribution in [3.63, 3.8) is 0 Å². The Hall–Kier alpha value is -2.24. The van der Waals surface area contributed by atoms with E-state index in [1.165, 1.54) is 17.3 Å². The van der Waals surface area contributed by atoms with Crippen LogP contribution < -0.4 is 10.6 Å². The minimum Gasteiger partial charge on any atom is -0.379 e. The van der Waals surface area contributed by atoms with Crippen molar-refractivity contribution >= 4 is 35.0 Å². The van der Waals surface area contributed by atoms with Gasteiger partial charge in [-0.05, 0) is 64.3 Å². The van der Waals surface area contributed by atoms with Crippen LogP contribution in [-0.4, -0.2) is 79.7 Å². The number of allylic oxidation sites excluding steroid dienone is 1. The van der Waals surface area contributed by atoms with Crippen molar-refractivity contribution in [3.8, 4) is 0 Å². The van der Waals surface area contributed by atoms with E-state index in [2.05, 4.69) is 37.5 Å². The minimum absolute atomic E-state index is 0.0457. The Balaban J connectivity index is 1.24. The summed E-state index contributed by atoms with van der Waals surface area (Å²) in [5.41, 5.74) is 0.825. The number of benzene rings is 1. The first kappa shape index (κ1) is 32.7. The predicted molar refractivity (Wildman–Crippen MR) is 163 cm³/mol. The van der Waals surface area contributed by atoms with E-state index >= 15 is 0 Å². The first-order valence-corrected chi connectivity index (χ1v) is 15.7. The Morgan fingerprint density at radius 3 is 2.40 bits per heavy atom. The molecule has 3 aliphatic rings. The number of ketones is 1. The van der Waals surface area contributed by atoms with Gasteiger partial charge in [-0.2, -0.15) is 0 Å². The third kappa shape index (κ3) is 8.02. The van der Waals surface area contributed by atoms with E-state index in [0.717, 1.165) is 24.2 Å². The van der Waals surface area contributed by atoms with Gasteiger partial charge in [-0.3, -0.25) is 14.4 Å². The average molecular weight is 603 g/mol. The van der Waals surface area contributed by atoms with Crippen LogP contribution in [0, 0.1) is 11.3 Å². The molecule has 1 aliphatic carbocycles. The highest BCUT2D eigenvalue weighted by molar-refractivity contribution is 8.00. The smallest absolute Gasteiger partial charge is 0.250 e. The second kappa shape index (κ2) is 13.2. The predicted octanol–water partition coefficient (Wildman–Crippen LogP) is 4.54. The Labute approximate surface area is 253 Å². The van der Waals surface area contributed by atoms with E-state index in [0.29, 0.717) is 12.3 Å². The molecule has 0 radical (unpaired) electrons. The first-order chi connectivity index (χ1) is 19.8. The van der Waals surface area contributed by atoms with Gasteiger partial charge in [-0.15, -0.1) is 11.8 Å². The fraction of sp³-hybridized carbons (Fsp3) is 0.656. The van der Waals surface area contributed by atoms with Crippen LogP contribution in [0.1, 0.15) is 60.8 Å². The second-order valence-corrected chi connectivity index (χ2v) is 14.1. The lowest BCUT2D eigenvalue weighted by molar-refractivity contribution is -0.133. The summed E-state index contributed by atoms with van der Waals surface area (Å²) in [7, 11) is 1.71. The number of Topliss-reactive ketones (excluding diaryl/α,β-unsaturated/α-hetero) is 1. The van der Waals surface area contributed by atoms with Gasteiger partial charge in [0, 0.05) is 29.0 Å². The van der Waals surface area contributed by atoms with Crippen molar-refractivity contribution in [2.75, 3.05) is 38.0 Å². The summed E-state index contributed by atoms with van der Waals surface area (Å²) in [6, 6.07) is 7.16. The van der Waals surface area contributed by atoms with Gasteiger partial charge < -0.3 is 29.6 Å².